The number of nitrogens with one attached hydrogen (secondary N) is 1. The van der Waals surface area contributed by atoms with E-state index in [-0.39, 0.29) is 0 Å². The second-order valence-corrected chi connectivity index (χ2v) is 10.2. The fourth-order valence-electron chi connectivity index (χ4n) is 5.40. The number of alkyl halides is 2. The van der Waals surface area contributed by atoms with Crippen LogP contribution in [0.1, 0.15) is 36.0 Å². The monoisotopic (exact) mass is 537 g/mol. The van der Waals surface area contributed by atoms with Gasteiger partial charge in [0.25, 0.3) is 11.8 Å². The minimum atomic E-state index is -3.19. The Kier molecular flexibility index (Phi) is 7.03. The minimum Gasteiger partial charge on any atom is -0.343 e. The molecule has 1 N–H and O–H groups in total. The molecule has 0 radical (unpaired) electrons. The zero-order chi connectivity index (χ0) is 26.9. The van der Waals surface area contributed by atoms with Crippen LogP contribution >= 0.6 is 11.6 Å². The Labute approximate surface area is 224 Å². The zero-order valence-electron chi connectivity index (χ0n) is 20.6. The minimum absolute atomic E-state index is 0.299. The van der Waals surface area contributed by atoms with E-state index >= 15 is 0 Å². The summed E-state index contributed by atoms with van der Waals surface area (Å²) in [6.07, 6.45) is 3.28. The van der Waals surface area contributed by atoms with Crippen molar-refractivity contribution < 1.29 is 18.4 Å². The van der Waals surface area contributed by atoms with Gasteiger partial charge >= 0.3 is 0 Å². The number of nitriles is 1. The molecule has 1 atom stereocenters. The lowest BCUT2D eigenvalue weighted by molar-refractivity contribution is -0.139. The second kappa shape index (κ2) is 10.3. The van der Waals surface area contributed by atoms with E-state index in [4.69, 9.17) is 11.6 Å². The molecule has 5 rings (SSSR count). The van der Waals surface area contributed by atoms with E-state index < -0.39 is 42.9 Å². The summed E-state index contributed by atoms with van der Waals surface area (Å²) < 4.78 is 29.1. The van der Waals surface area contributed by atoms with Crippen LogP contribution in [-0.2, 0) is 4.79 Å². The lowest BCUT2D eigenvalue weighted by Gasteiger charge is -2.43. The highest BCUT2D eigenvalue weighted by atomic mass is 35.5. The first-order chi connectivity index (χ1) is 18.2. The van der Waals surface area contributed by atoms with Crippen LogP contribution in [-0.4, -0.2) is 64.4 Å². The van der Waals surface area contributed by atoms with Gasteiger partial charge in [0.05, 0.1) is 30.6 Å². The van der Waals surface area contributed by atoms with Crippen molar-refractivity contribution in [1.82, 2.24) is 20.1 Å². The van der Waals surface area contributed by atoms with Crippen LogP contribution in [0.25, 0.3) is 22.0 Å². The summed E-state index contributed by atoms with van der Waals surface area (Å²) in [5.74, 6) is -4.44. The molecule has 10 heteroatoms. The number of hydrogen-bond donors (Lipinski definition) is 1. The average molecular weight is 538 g/mol. The number of nitrogens with zero attached hydrogens (tertiary/aromatic N) is 4. The number of aromatic nitrogens is 1. The second-order valence-electron chi connectivity index (χ2n) is 9.77. The van der Waals surface area contributed by atoms with Gasteiger partial charge in [-0.1, -0.05) is 36.2 Å². The number of amides is 2. The molecule has 2 aliphatic rings. The van der Waals surface area contributed by atoms with Crippen molar-refractivity contribution in [2.75, 3.05) is 26.2 Å². The predicted octanol–water partition coefficient (Wildman–Crippen LogP) is 4.86. The van der Waals surface area contributed by atoms with Gasteiger partial charge in [-0.05, 0) is 54.3 Å². The van der Waals surface area contributed by atoms with Crippen LogP contribution in [0, 0.1) is 11.3 Å². The Balaban J connectivity index is 1.37. The molecule has 1 unspecified atom stereocenters. The molecule has 0 aliphatic carbocycles. The van der Waals surface area contributed by atoms with Crippen LogP contribution in [0.4, 0.5) is 8.78 Å². The molecule has 0 saturated carbocycles. The van der Waals surface area contributed by atoms with Gasteiger partial charge in [0.1, 0.15) is 6.07 Å². The summed E-state index contributed by atoms with van der Waals surface area (Å²) in [5.41, 5.74) is 0.930. The number of halogens is 3. The highest BCUT2D eigenvalue weighted by Crippen LogP contribution is 2.42. The smallest absolute Gasteiger partial charge is 0.270 e. The first-order valence-corrected chi connectivity index (χ1v) is 12.9. The van der Waals surface area contributed by atoms with Crippen LogP contribution < -0.4 is 5.32 Å². The summed E-state index contributed by atoms with van der Waals surface area (Å²) in [7, 11) is 0. The van der Waals surface area contributed by atoms with Crippen molar-refractivity contribution in [2.45, 2.75) is 37.3 Å². The summed E-state index contributed by atoms with van der Waals surface area (Å²) in [5, 5.41) is 13.8. The van der Waals surface area contributed by atoms with Gasteiger partial charge in [0.15, 0.2) is 5.66 Å². The Morgan fingerprint density at radius 2 is 1.76 bits per heavy atom. The molecule has 7 nitrogen and oxygen atoms in total. The Morgan fingerprint density at radius 1 is 1.05 bits per heavy atom. The lowest BCUT2D eigenvalue weighted by Crippen LogP contribution is -2.60. The van der Waals surface area contributed by atoms with Crippen LogP contribution in [0.5, 0.6) is 0 Å². The molecule has 196 valence electrons. The molecule has 2 saturated heterocycles. The highest BCUT2D eigenvalue weighted by molar-refractivity contribution is 6.30. The Bertz CT molecular complexity index is 1420. The number of rotatable bonds is 5. The molecule has 3 aromatic rings. The first-order valence-electron chi connectivity index (χ1n) is 12.5. The molecular weight excluding hydrogens is 512 g/mol. The molecule has 2 aromatic carbocycles. The molecule has 1 aromatic heterocycles. The molecule has 0 spiro atoms. The third-order valence-corrected chi connectivity index (χ3v) is 7.52. The summed E-state index contributed by atoms with van der Waals surface area (Å²) in [4.78, 5) is 33.3. The summed E-state index contributed by atoms with van der Waals surface area (Å²) in [6.45, 7) is -0.418. The standard InChI is InChI=1S/C28H26ClF2N5O2/c29-21-7-4-19(5-8-21)20-6-9-24-23(14-20)22(10-11-33-24)26(38)34-15-25(37)36-18-27(30,31)16-28(36,17-32)35-12-2-1-3-13-35/h4-11,14H,1-3,12-13,15-16,18H2,(H,34,38). The molecule has 2 fully saturated rings. The zero-order valence-corrected chi connectivity index (χ0v) is 21.3. The van der Waals surface area contributed by atoms with Crippen LogP contribution in [0.2, 0.25) is 5.02 Å². The van der Waals surface area contributed by atoms with Crippen molar-refractivity contribution in [3.8, 4) is 17.2 Å². The Morgan fingerprint density at radius 3 is 2.47 bits per heavy atom. The number of carbonyl (C=O) groups excluding carboxylic acids is 2. The number of pyridine rings is 1. The number of hydrogen-bond acceptors (Lipinski definition) is 5. The summed E-state index contributed by atoms with van der Waals surface area (Å²) in [6, 6.07) is 16.4. The first kappa shape index (κ1) is 26.0. The normalized spacial score (nSPS) is 21.3. The van der Waals surface area contributed by atoms with Crippen LogP contribution in [0.3, 0.4) is 0 Å². The largest absolute Gasteiger partial charge is 0.343 e. The maximum Gasteiger partial charge on any atom is 0.270 e. The van der Waals surface area contributed by atoms with Crippen molar-refractivity contribution in [3.63, 3.8) is 0 Å². The van der Waals surface area contributed by atoms with Gasteiger partial charge in [-0.3, -0.25) is 19.5 Å². The van der Waals surface area contributed by atoms with Crippen LogP contribution in [0.15, 0.2) is 54.7 Å². The SMILES string of the molecule is N#CC1(N2CCCCC2)CC(F)(F)CN1C(=O)CNC(=O)c1ccnc2ccc(-c3ccc(Cl)cc3)cc12. The van der Waals surface area contributed by atoms with Crippen molar-refractivity contribution in [2.24, 2.45) is 0 Å². The number of benzene rings is 2. The molecule has 2 amide bonds. The van der Waals surface area contributed by atoms with Gasteiger partial charge in [-0.15, -0.1) is 0 Å². The van der Waals surface area contributed by atoms with E-state index in [9.17, 15) is 23.6 Å². The van der Waals surface area contributed by atoms with E-state index in [1.54, 1.807) is 29.2 Å². The molecule has 38 heavy (non-hydrogen) atoms. The fourth-order valence-corrected chi connectivity index (χ4v) is 5.52. The van der Waals surface area contributed by atoms with Gasteiger partial charge in [-0.25, -0.2) is 8.78 Å². The number of likely N-dealkylation sites (tertiary alicyclic amines) is 2. The van der Waals surface area contributed by atoms with Gasteiger partial charge in [0.2, 0.25) is 5.91 Å². The van der Waals surface area contributed by atoms with E-state index in [0.717, 1.165) is 35.3 Å². The molecule has 0 bridgehead atoms. The maximum absolute atomic E-state index is 14.6. The van der Waals surface area contributed by atoms with E-state index in [1.165, 1.54) is 6.20 Å². The topological polar surface area (TPSA) is 89.3 Å². The fraction of sp³-hybridized carbons (Fsp3) is 0.357. The van der Waals surface area contributed by atoms with E-state index in [1.807, 2.05) is 30.3 Å². The quantitative estimate of drug-likeness (QED) is 0.502. The van der Waals surface area contributed by atoms with Crippen molar-refractivity contribution in [1.29, 1.82) is 5.26 Å². The van der Waals surface area contributed by atoms with Gasteiger partial charge in [-0.2, -0.15) is 5.26 Å². The molecule has 3 heterocycles. The summed E-state index contributed by atoms with van der Waals surface area (Å²) >= 11 is 6.00. The van der Waals surface area contributed by atoms with Gasteiger partial charge < -0.3 is 10.2 Å². The molecular formula is C28H26ClF2N5O2. The number of piperidine rings is 1. The van der Waals surface area contributed by atoms with Gasteiger partial charge in [0, 0.05) is 29.7 Å². The molecule has 2 aliphatic heterocycles. The highest BCUT2D eigenvalue weighted by Gasteiger charge is 2.60. The third kappa shape index (κ3) is 4.94. The Hall–Kier alpha value is -3.61. The number of carbonyl (C=O) groups is 2. The van der Waals surface area contributed by atoms with E-state index in [2.05, 4.69) is 10.3 Å². The van der Waals surface area contributed by atoms with Crippen molar-refractivity contribution >= 4 is 34.3 Å². The maximum atomic E-state index is 14.6. The number of fused-ring (bicyclic) bond motifs is 1. The predicted molar refractivity (Wildman–Crippen MR) is 140 cm³/mol. The lowest BCUT2D eigenvalue weighted by atomic mass is 10.0. The average Bonchev–Trinajstić information content (AvgIpc) is 3.23. The third-order valence-electron chi connectivity index (χ3n) is 7.26. The van der Waals surface area contributed by atoms with Crippen molar-refractivity contribution in [3.05, 3.63) is 65.3 Å². The van der Waals surface area contributed by atoms with E-state index in [0.29, 0.717) is 34.6 Å².